The number of nitro groups is 1. The molecule has 1 aliphatic rings. The van der Waals surface area contributed by atoms with E-state index in [0.29, 0.717) is 16.9 Å². The van der Waals surface area contributed by atoms with Crippen molar-refractivity contribution in [3.8, 4) is 17.6 Å². The first-order valence-electron chi connectivity index (χ1n) is 9.88. The van der Waals surface area contributed by atoms with E-state index in [1.54, 1.807) is 31.2 Å². The first-order chi connectivity index (χ1) is 14.8. The number of ketones is 1. The van der Waals surface area contributed by atoms with E-state index >= 15 is 0 Å². The second kappa shape index (κ2) is 9.29. The number of Topliss-reactive ketones (excluding diaryl/α,β-unsaturated/α-hetero) is 1. The molecule has 31 heavy (non-hydrogen) atoms. The van der Waals surface area contributed by atoms with Crippen molar-refractivity contribution >= 4 is 5.78 Å². The maximum Gasteiger partial charge on any atom is 0.257 e. The van der Waals surface area contributed by atoms with E-state index < -0.39 is 34.7 Å². The largest absolute Gasteiger partial charge is 0.497 e. The third kappa shape index (κ3) is 4.61. The van der Waals surface area contributed by atoms with Gasteiger partial charge < -0.3 is 14.2 Å². The van der Waals surface area contributed by atoms with Crippen molar-refractivity contribution in [3.63, 3.8) is 0 Å². The molecule has 1 aliphatic heterocycles. The van der Waals surface area contributed by atoms with E-state index in [-0.39, 0.29) is 5.78 Å². The minimum absolute atomic E-state index is 0.265. The van der Waals surface area contributed by atoms with Gasteiger partial charge in [0.25, 0.3) is 6.04 Å². The third-order valence-corrected chi connectivity index (χ3v) is 5.66. The molecular weight excluding hydrogens is 398 g/mol. The number of ether oxygens (including phenoxy) is 3. The average molecular weight is 423 g/mol. The molecule has 0 spiro atoms. The SMILES string of the molecule is COc1cccc([C@H]2[C@@H]([N+](=O)[O-])[C@@H](C#Cc3ccccc3)O[C@](C)(OC)[C@@H]2C(C)=O)c1. The predicted octanol–water partition coefficient (Wildman–Crippen LogP) is 3.44. The first-order valence-corrected chi connectivity index (χ1v) is 9.88. The summed E-state index contributed by atoms with van der Waals surface area (Å²) in [6.07, 6.45) is -1.09. The fourth-order valence-electron chi connectivity index (χ4n) is 4.17. The van der Waals surface area contributed by atoms with Crippen LogP contribution in [0.3, 0.4) is 0 Å². The molecule has 7 heteroatoms. The van der Waals surface area contributed by atoms with Crippen LogP contribution in [0.25, 0.3) is 0 Å². The molecule has 1 heterocycles. The topological polar surface area (TPSA) is 87.9 Å². The summed E-state index contributed by atoms with van der Waals surface area (Å²) >= 11 is 0. The van der Waals surface area contributed by atoms with Crippen molar-refractivity contribution in [1.82, 2.24) is 0 Å². The second-order valence-corrected chi connectivity index (χ2v) is 7.56. The van der Waals surface area contributed by atoms with Crippen LogP contribution in [0.5, 0.6) is 5.75 Å². The van der Waals surface area contributed by atoms with Crippen LogP contribution in [0.4, 0.5) is 0 Å². The van der Waals surface area contributed by atoms with Gasteiger partial charge in [0.05, 0.1) is 18.9 Å². The van der Waals surface area contributed by atoms with E-state index in [0.717, 1.165) is 0 Å². The molecule has 2 aromatic carbocycles. The molecule has 1 saturated heterocycles. The van der Waals surface area contributed by atoms with Crippen LogP contribution in [0, 0.1) is 27.9 Å². The fraction of sp³-hybridized carbons (Fsp3) is 0.375. The Labute approximate surface area is 181 Å². The zero-order chi connectivity index (χ0) is 22.6. The molecule has 7 nitrogen and oxygen atoms in total. The van der Waals surface area contributed by atoms with Crippen LogP contribution in [0.1, 0.15) is 30.9 Å². The summed E-state index contributed by atoms with van der Waals surface area (Å²) in [6, 6.07) is 14.8. The number of hydrogen-bond acceptors (Lipinski definition) is 6. The number of carbonyl (C=O) groups is 1. The van der Waals surface area contributed by atoms with Crippen LogP contribution >= 0.6 is 0 Å². The van der Waals surface area contributed by atoms with Gasteiger partial charge in [0.1, 0.15) is 11.5 Å². The molecule has 2 aromatic rings. The maximum atomic E-state index is 12.7. The predicted molar refractivity (Wildman–Crippen MR) is 114 cm³/mol. The number of nitrogens with zero attached hydrogens (tertiary/aromatic N) is 1. The zero-order valence-corrected chi connectivity index (χ0v) is 17.9. The molecule has 0 unspecified atom stereocenters. The number of benzene rings is 2. The van der Waals surface area contributed by atoms with Crippen LogP contribution in [-0.2, 0) is 14.3 Å². The van der Waals surface area contributed by atoms with Crippen molar-refractivity contribution in [3.05, 3.63) is 75.8 Å². The molecular formula is C24H25NO6. The van der Waals surface area contributed by atoms with Gasteiger partial charge in [-0.3, -0.25) is 14.9 Å². The Morgan fingerprint density at radius 2 is 1.87 bits per heavy atom. The molecule has 0 amide bonds. The summed E-state index contributed by atoms with van der Waals surface area (Å²) in [5.74, 6) is 3.02. The lowest BCUT2D eigenvalue weighted by molar-refractivity contribution is -0.552. The summed E-state index contributed by atoms with van der Waals surface area (Å²) in [6.45, 7) is 3.02. The molecule has 1 fully saturated rings. The molecule has 0 aliphatic carbocycles. The zero-order valence-electron chi connectivity index (χ0n) is 17.9. The van der Waals surface area contributed by atoms with Gasteiger partial charge in [0, 0.05) is 17.6 Å². The van der Waals surface area contributed by atoms with E-state index in [1.807, 2.05) is 30.3 Å². The highest BCUT2D eigenvalue weighted by molar-refractivity contribution is 5.81. The van der Waals surface area contributed by atoms with E-state index in [9.17, 15) is 14.9 Å². The lowest BCUT2D eigenvalue weighted by Gasteiger charge is -2.46. The van der Waals surface area contributed by atoms with E-state index in [4.69, 9.17) is 14.2 Å². The monoisotopic (exact) mass is 423 g/mol. The fourth-order valence-corrected chi connectivity index (χ4v) is 4.17. The van der Waals surface area contributed by atoms with Gasteiger partial charge in [0.2, 0.25) is 0 Å². The quantitative estimate of drug-likeness (QED) is 0.416. The van der Waals surface area contributed by atoms with Crippen molar-refractivity contribution in [2.24, 2.45) is 5.92 Å². The molecule has 0 bridgehead atoms. The smallest absolute Gasteiger partial charge is 0.257 e. The summed E-state index contributed by atoms with van der Waals surface area (Å²) < 4.78 is 16.9. The Kier molecular flexibility index (Phi) is 6.74. The highest BCUT2D eigenvalue weighted by Crippen LogP contribution is 2.46. The number of hydrogen-bond donors (Lipinski definition) is 0. The summed E-state index contributed by atoms with van der Waals surface area (Å²) in [7, 11) is 2.94. The summed E-state index contributed by atoms with van der Waals surface area (Å²) in [5.41, 5.74) is 1.30. The second-order valence-electron chi connectivity index (χ2n) is 7.56. The lowest BCUT2D eigenvalue weighted by Crippen LogP contribution is -2.60. The number of carbonyl (C=O) groups excluding carboxylic acids is 1. The minimum Gasteiger partial charge on any atom is -0.497 e. The Morgan fingerprint density at radius 3 is 2.45 bits per heavy atom. The molecule has 0 aromatic heterocycles. The Hall–Kier alpha value is -3.21. The van der Waals surface area contributed by atoms with Gasteiger partial charge in [-0.25, -0.2) is 0 Å². The lowest BCUT2D eigenvalue weighted by atomic mass is 9.71. The van der Waals surface area contributed by atoms with Crippen LogP contribution in [0.15, 0.2) is 54.6 Å². The Balaban J connectivity index is 2.17. The van der Waals surface area contributed by atoms with Gasteiger partial charge in [-0.15, -0.1) is 0 Å². The minimum atomic E-state index is -1.39. The van der Waals surface area contributed by atoms with Gasteiger partial charge in [-0.05, 0) is 43.7 Å². The van der Waals surface area contributed by atoms with Crippen LogP contribution in [0.2, 0.25) is 0 Å². The maximum absolute atomic E-state index is 12.7. The van der Waals surface area contributed by atoms with Gasteiger partial charge in [-0.2, -0.15) is 0 Å². The normalized spacial score (nSPS) is 27.6. The van der Waals surface area contributed by atoms with Gasteiger partial charge in [0.15, 0.2) is 11.9 Å². The average Bonchev–Trinajstić information content (AvgIpc) is 2.77. The van der Waals surface area contributed by atoms with Crippen LogP contribution < -0.4 is 4.74 Å². The van der Waals surface area contributed by atoms with E-state index in [2.05, 4.69) is 11.8 Å². The Bertz CT molecular complexity index is 1010. The van der Waals surface area contributed by atoms with Crippen molar-refractivity contribution in [1.29, 1.82) is 0 Å². The molecule has 0 N–H and O–H groups in total. The third-order valence-electron chi connectivity index (χ3n) is 5.66. The van der Waals surface area contributed by atoms with Crippen LogP contribution in [-0.4, -0.2) is 42.9 Å². The Morgan fingerprint density at radius 1 is 1.16 bits per heavy atom. The van der Waals surface area contributed by atoms with Crippen molar-refractivity contribution in [2.45, 2.75) is 37.7 Å². The molecule has 162 valence electrons. The van der Waals surface area contributed by atoms with Gasteiger partial charge in [-0.1, -0.05) is 42.2 Å². The molecule has 3 rings (SSSR count). The molecule has 5 atom stereocenters. The summed E-state index contributed by atoms with van der Waals surface area (Å²) in [5, 5.41) is 12.3. The first kappa shape index (κ1) is 22.5. The summed E-state index contributed by atoms with van der Waals surface area (Å²) in [4.78, 5) is 24.6. The van der Waals surface area contributed by atoms with Crippen molar-refractivity contribution < 1.29 is 23.9 Å². The number of rotatable bonds is 5. The standard InChI is InChI=1S/C24H25NO6/c1-16(26)22-21(18-11-8-12-19(15-18)29-3)23(25(27)28)20(31-24(22,2)30-4)14-13-17-9-6-5-7-10-17/h5-12,15,20-23H,1-4H3/t20-,21-,22-,23+,24+/m1/s1. The highest BCUT2D eigenvalue weighted by Gasteiger charge is 2.59. The number of methoxy groups -OCH3 is 2. The molecule has 0 radical (unpaired) electrons. The molecule has 0 saturated carbocycles. The van der Waals surface area contributed by atoms with E-state index in [1.165, 1.54) is 21.1 Å². The highest BCUT2D eigenvalue weighted by atomic mass is 16.7. The van der Waals surface area contributed by atoms with Gasteiger partial charge >= 0.3 is 0 Å². The van der Waals surface area contributed by atoms with Crippen molar-refractivity contribution in [2.75, 3.05) is 14.2 Å².